The number of alkyl halides is 3. The number of benzene rings is 2. The normalized spacial score (nSPS) is 15.3. The summed E-state index contributed by atoms with van der Waals surface area (Å²) in [5.41, 5.74) is 0.218. The van der Waals surface area contributed by atoms with Gasteiger partial charge in [-0.3, -0.25) is 4.79 Å². The molecule has 0 radical (unpaired) electrons. The quantitative estimate of drug-likeness (QED) is 0.625. The molecule has 1 amide bonds. The molecule has 0 heterocycles. The number of ether oxygens (including phenoxy) is 1. The lowest BCUT2D eigenvalue weighted by Gasteiger charge is -2.22. The van der Waals surface area contributed by atoms with E-state index in [1.165, 1.54) is 6.42 Å². The molecule has 28 heavy (non-hydrogen) atoms. The van der Waals surface area contributed by atoms with Gasteiger partial charge in [0.05, 0.1) is 0 Å². The zero-order valence-corrected chi connectivity index (χ0v) is 14.8. The van der Waals surface area contributed by atoms with Crippen LogP contribution in [-0.2, 0) is 0 Å². The number of carbonyl (C=O) groups excluding carboxylic acids is 1. The second-order valence-corrected chi connectivity index (χ2v) is 6.69. The van der Waals surface area contributed by atoms with E-state index in [4.69, 9.17) is 0 Å². The summed E-state index contributed by atoms with van der Waals surface area (Å²) in [5, 5.41) is 2.29. The summed E-state index contributed by atoms with van der Waals surface area (Å²) in [6.45, 7) is 0. The average Bonchev–Trinajstić information content (AvgIpc) is 2.65. The van der Waals surface area contributed by atoms with Crippen LogP contribution < -0.4 is 10.1 Å². The fourth-order valence-corrected chi connectivity index (χ4v) is 3.42. The third kappa shape index (κ3) is 4.79. The van der Waals surface area contributed by atoms with Gasteiger partial charge in [-0.2, -0.15) is 0 Å². The zero-order valence-electron chi connectivity index (χ0n) is 14.8. The summed E-state index contributed by atoms with van der Waals surface area (Å²) in [7, 11) is 0. The van der Waals surface area contributed by atoms with Gasteiger partial charge in [-0.15, -0.1) is 13.2 Å². The minimum absolute atomic E-state index is 0.256. The van der Waals surface area contributed by atoms with E-state index in [9.17, 15) is 26.7 Å². The highest BCUT2D eigenvalue weighted by atomic mass is 19.4. The average molecular weight is 399 g/mol. The van der Waals surface area contributed by atoms with Crippen LogP contribution in [0.25, 0.3) is 0 Å². The first-order chi connectivity index (χ1) is 13.2. The Kier molecular flexibility index (Phi) is 5.86. The van der Waals surface area contributed by atoms with Gasteiger partial charge >= 0.3 is 6.36 Å². The first kappa shape index (κ1) is 20.1. The van der Waals surface area contributed by atoms with E-state index < -0.39 is 35.2 Å². The molecule has 3 rings (SSSR count). The van der Waals surface area contributed by atoms with Crippen molar-refractivity contribution in [1.82, 2.24) is 0 Å². The van der Waals surface area contributed by atoms with Crippen LogP contribution in [0.1, 0.15) is 53.9 Å². The topological polar surface area (TPSA) is 38.3 Å². The molecule has 0 atom stereocenters. The molecular formula is C20H18F5NO2. The van der Waals surface area contributed by atoms with Crippen molar-refractivity contribution < 1.29 is 31.5 Å². The molecular weight excluding hydrogens is 381 g/mol. The van der Waals surface area contributed by atoms with E-state index in [0.29, 0.717) is 18.1 Å². The van der Waals surface area contributed by atoms with Crippen LogP contribution in [0, 0.1) is 11.6 Å². The Labute approximate surface area is 158 Å². The molecule has 0 aliphatic heterocycles. The van der Waals surface area contributed by atoms with Crippen molar-refractivity contribution in [3.63, 3.8) is 0 Å². The number of rotatable bonds is 4. The van der Waals surface area contributed by atoms with Crippen molar-refractivity contribution in [2.75, 3.05) is 5.32 Å². The highest BCUT2D eigenvalue weighted by Crippen LogP contribution is 2.33. The third-order valence-corrected chi connectivity index (χ3v) is 4.75. The monoisotopic (exact) mass is 399 g/mol. The van der Waals surface area contributed by atoms with Crippen LogP contribution in [0.5, 0.6) is 5.75 Å². The zero-order chi connectivity index (χ0) is 20.3. The third-order valence-electron chi connectivity index (χ3n) is 4.75. The highest BCUT2D eigenvalue weighted by Gasteiger charge is 2.34. The number of carbonyl (C=O) groups is 1. The largest absolute Gasteiger partial charge is 0.573 e. The van der Waals surface area contributed by atoms with Gasteiger partial charge in [-0.25, -0.2) is 8.78 Å². The molecule has 8 heteroatoms. The molecule has 0 aromatic heterocycles. The molecule has 2 aromatic carbocycles. The van der Waals surface area contributed by atoms with Gasteiger partial charge in [0, 0.05) is 5.69 Å². The molecule has 0 saturated heterocycles. The second kappa shape index (κ2) is 8.16. The standard InChI is InChI=1S/C20H18F5NO2/c21-15-10-11-16(28-20(23,24)25)17(18(15)22)19(27)26-14-8-6-13(7-9-14)12-4-2-1-3-5-12/h6-12H,1-5H2,(H,26,27). The first-order valence-electron chi connectivity index (χ1n) is 8.89. The Bertz CT molecular complexity index is 843. The van der Waals surface area contributed by atoms with Crippen molar-refractivity contribution in [3.8, 4) is 5.75 Å². The van der Waals surface area contributed by atoms with Crippen molar-refractivity contribution >= 4 is 11.6 Å². The van der Waals surface area contributed by atoms with Gasteiger partial charge in [0.25, 0.3) is 5.91 Å². The Morgan fingerprint density at radius 2 is 1.61 bits per heavy atom. The minimum atomic E-state index is -5.15. The lowest BCUT2D eigenvalue weighted by atomic mass is 9.84. The van der Waals surface area contributed by atoms with Gasteiger partial charge in [-0.05, 0) is 48.6 Å². The van der Waals surface area contributed by atoms with Crippen LogP contribution in [-0.4, -0.2) is 12.3 Å². The Morgan fingerprint density at radius 1 is 0.964 bits per heavy atom. The number of anilines is 1. The van der Waals surface area contributed by atoms with Crippen molar-refractivity contribution in [2.24, 2.45) is 0 Å². The fraction of sp³-hybridized carbons (Fsp3) is 0.350. The van der Waals surface area contributed by atoms with Crippen LogP contribution in [0.4, 0.5) is 27.6 Å². The summed E-state index contributed by atoms with van der Waals surface area (Å²) in [6, 6.07) is 7.84. The molecule has 0 spiro atoms. The summed E-state index contributed by atoms with van der Waals surface area (Å²) < 4.78 is 68.6. The van der Waals surface area contributed by atoms with Gasteiger partial charge in [0.2, 0.25) is 0 Å². The van der Waals surface area contributed by atoms with Crippen LogP contribution in [0.15, 0.2) is 36.4 Å². The number of hydrogen-bond donors (Lipinski definition) is 1. The first-order valence-corrected chi connectivity index (χ1v) is 8.89. The van der Waals surface area contributed by atoms with Gasteiger partial charge in [0.1, 0.15) is 11.3 Å². The molecule has 2 aromatic rings. The predicted molar refractivity (Wildman–Crippen MR) is 93.3 cm³/mol. The molecule has 3 nitrogen and oxygen atoms in total. The molecule has 1 fully saturated rings. The van der Waals surface area contributed by atoms with Crippen molar-refractivity contribution in [2.45, 2.75) is 44.4 Å². The predicted octanol–water partition coefficient (Wildman–Crippen LogP) is 6.16. The maximum Gasteiger partial charge on any atom is 0.573 e. The number of amides is 1. The SMILES string of the molecule is O=C(Nc1ccc(C2CCCCC2)cc1)c1c(OC(F)(F)F)ccc(F)c1F. The highest BCUT2D eigenvalue weighted by molar-refractivity contribution is 6.06. The maximum absolute atomic E-state index is 14.0. The second-order valence-electron chi connectivity index (χ2n) is 6.69. The van der Waals surface area contributed by atoms with E-state index in [1.54, 1.807) is 12.1 Å². The molecule has 1 N–H and O–H groups in total. The fourth-order valence-electron chi connectivity index (χ4n) is 3.42. The molecule has 1 aliphatic rings. The molecule has 1 aliphatic carbocycles. The van der Waals surface area contributed by atoms with Crippen LogP contribution >= 0.6 is 0 Å². The molecule has 1 saturated carbocycles. The number of hydrogen-bond acceptors (Lipinski definition) is 2. The lowest BCUT2D eigenvalue weighted by Crippen LogP contribution is -2.22. The molecule has 0 unspecified atom stereocenters. The number of nitrogens with one attached hydrogen (secondary N) is 1. The van der Waals surface area contributed by atoms with Gasteiger partial charge in [-0.1, -0.05) is 31.4 Å². The summed E-state index contributed by atoms with van der Waals surface area (Å²) >= 11 is 0. The maximum atomic E-state index is 14.0. The van der Waals surface area contributed by atoms with E-state index in [-0.39, 0.29) is 5.69 Å². The van der Waals surface area contributed by atoms with Crippen LogP contribution in [0.3, 0.4) is 0 Å². The number of halogens is 5. The van der Waals surface area contributed by atoms with Crippen molar-refractivity contribution in [3.05, 3.63) is 59.2 Å². The molecule has 0 bridgehead atoms. The smallest absolute Gasteiger partial charge is 0.405 e. The Hall–Kier alpha value is -2.64. The van der Waals surface area contributed by atoms with Crippen molar-refractivity contribution in [1.29, 1.82) is 0 Å². The van der Waals surface area contributed by atoms with Crippen LogP contribution in [0.2, 0.25) is 0 Å². The Morgan fingerprint density at radius 3 is 2.21 bits per heavy atom. The lowest BCUT2D eigenvalue weighted by molar-refractivity contribution is -0.274. The minimum Gasteiger partial charge on any atom is -0.405 e. The summed E-state index contributed by atoms with van der Waals surface area (Å²) in [6.07, 6.45) is 0.539. The van der Waals surface area contributed by atoms with Gasteiger partial charge < -0.3 is 10.1 Å². The van der Waals surface area contributed by atoms with E-state index in [1.807, 2.05) is 12.1 Å². The van der Waals surface area contributed by atoms with Gasteiger partial charge in [0.15, 0.2) is 11.6 Å². The van der Waals surface area contributed by atoms with E-state index in [0.717, 1.165) is 31.2 Å². The summed E-state index contributed by atoms with van der Waals surface area (Å²) in [5.74, 6) is -5.07. The summed E-state index contributed by atoms with van der Waals surface area (Å²) in [4.78, 5) is 12.3. The van der Waals surface area contributed by atoms with E-state index >= 15 is 0 Å². The Balaban J connectivity index is 1.80. The molecule has 150 valence electrons. The van der Waals surface area contributed by atoms with E-state index in [2.05, 4.69) is 10.1 Å².